The predicted octanol–water partition coefficient (Wildman–Crippen LogP) is 3.12. The molecule has 0 fully saturated rings. The zero-order valence-electron chi connectivity index (χ0n) is 12.4. The molecule has 2 amide bonds. The number of thiazole rings is 1. The van der Waals surface area contributed by atoms with Crippen molar-refractivity contribution in [1.82, 2.24) is 15.6 Å². The van der Waals surface area contributed by atoms with Crippen molar-refractivity contribution in [2.24, 2.45) is 0 Å². The van der Waals surface area contributed by atoms with Gasteiger partial charge in [-0.05, 0) is 26.0 Å². The maximum atomic E-state index is 11.6. The molecule has 0 bridgehead atoms. The number of aryl methyl sites for hydroxylation is 1. The van der Waals surface area contributed by atoms with Crippen LogP contribution in [0.3, 0.4) is 0 Å². The molecule has 2 rings (SSSR count). The first-order valence-corrected chi connectivity index (χ1v) is 8.09. The number of rotatable bonds is 5. The molecule has 0 saturated heterocycles. The largest absolute Gasteiger partial charge is 0.395 e. The number of carbonyl (C=O) groups is 1. The molecule has 0 aliphatic heterocycles. The Kier molecular flexibility index (Phi) is 5.76. The summed E-state index contributed by atoms with van der Waals surface area (Å²) < 4.78 is 0. The zero-order valence-corrected chi connectivity index (χ0v) is 14.0. The molecule has 0 aliphatic rings. The van der Waals surface area contributed by atoms with E-state index in [1.807, 2.05) is 38.1 Å². The van der Waals surface area contributed by atoms with Crippen LogP contribution in [0.5, 0.6) is 0 Å². The Morgan fingerprint density at radius 3 is 2.73 bits per heavy atom. The van der Waals surface area contributed by atoms with Crippen molar-refractivity contribution in [3.05, 3.63) is 39.9 Å². The van der Waals surface area contributed by atoms with Gasteiger partial charge in [0.25, 0.3) is 0 Å². The first-order valence-electron chi connectivity index (χ1n) is 6.89. The molecular weight excluding hydrogens is 322 g/mol. The van der Waals surface area contributed by atoms with Crippen molar-refractivity contribution in [2.75, 3.05) is 13.2 Å². The minimum absolute atomic E-state index is 0.0812. The van der Waals surface area contributed by atoms with Gasteiger partial charge in [0.1, 0.15) is 5.01 Å². The molecule has 0 spiro atoms. The minimum atomic E-state index is -0.303. The molecule has 0 saturated carbocycles. The van der Waals surface area contributed by atoms with E-state index in [-0.39, 0.29) is 25.2 Å². The van der Waals surface area contributed by atoms with Gasteiger partial charge in [-0.2, -0.15) is 0 Å². The smallest absolute Gasteiger partial charge is 0.315 e. The summed E-state index contributed by atoms with van der Waals surface area (Å²) in [6, 6.07) is 7.06. The molecule has 0 unspecified atom stereocenters. The Labute approximate surface area is 138 Å². The fourth-order valence-corrected chi connectivity index (χ4v) is 3.21. The van der Waals surface area contributed by atoms with E-state index in [0.717, 1.165) is 21.1 Å². The Morgan fingerprint density at radius 2 is 2.09 bits per heavy atom. The van der Waals surface area contributed by atoms with E-state index in [2.05, 4.69) is 15.6 Å². The molecule has 1 atom stereocenters. The number of urea groups is 1. The van der Waals surface area contributed by atoms with Crippen molar-refractivity contribution in [3.8, 4) is 10.6 Å². The Morgan fingerprint density at radius 1 is 1.41 bits per heavy atom. The van der Waals surface area contributed by atoms with Gasteiger partial charge >= 0.3 is 6.03 Å². The van der Waals surface area contributed by atoms with Gasteiger partial charge in [0, 0.05) is 17.1 Å². The molecule has 1 aromatic carbocycles. The third-order valence-corrected chi connectivity index (χ3v) is 4.70. The molecule has 7 heteroatoms. The Hall–Kier alpha value is -1.63. The fraction of sp³-hybridized carbons (Fsp3) is 0.333. The van der Waals surface area contributed by atoms with Crippen LogP contribution in [0.25, 0.3) is 10.6 Å². The number of aromatic nitrogens is 1. The van der Waals surface area contributed by atoms with Crippen LogP contribution in [-0.4, -0.2) is 29.3 Å². The van der Waals surface area contributed by atoms with Crippen LogP contribution in [-0.2, 0) is 0 Å². The molecule has 118 valence electrons. The van der Waals surface area contributed by atoms with Crippen LogP contribution < -0.4 is 10.6 Å². The number of benzene rings is 1. The summed E-state index contributed by atoms with van der Waals surface area (Å²) in [6.45, 7) is 3.98. The van der Waals surface area contributed by atoms with Crippen molar-refractivity contribution in [2.45, 2.75) is 19.9 Å². The van der Waals surface area contributed by atoms with Crippen molar-refractivity contribution < 1.29 is 9.90 Å². The second-order valence-electron chi connectivity index (χ2n) is 4.82. The molecule has 1 heterocycles. The highest BCUT2D eigenvalue weighted by atomic mass is 35.5. The van der Waals surface area contributed by atoms with Gasteiger partial charge in [-0.3, -0.25) is 0 Å². The number of halogens is 1. The zero-order chi connectivity index (χ0) is 16.1. The number of aliphatic hydroxyl groups is 1. The molecule has 22 heavy (non-hydrogen) atoms. The lowest BCUT2D eigenvalue weighted by atomic mass is 10.2. The van der Waals surface area contributed by atoms with Crippen LogP contribution in [0.4, 0.5) is 4.79 Å². The predicted molar refractivity (Wildman–Crippen MR) is 89.3 cm³/mol. The number of amides is 2. The first kappa shape index (κ1) is 16.7. The number of nitrogens with zero attached hydrogens (tertiary/aromatic N) is 1. The summed E-state index contributed by atoms with van der Waals surface area (Å²) in [5.74, 6) is 0. The van der Waals surface area contributed by atoms with Gasteiger partial charge in [0.05, 0.1) is 23.2 Å². The second-order valence-corrected chi connectivity index (χ2v) is 6.29. The molecule has 2 aromatic rings. The van der Waals surface area contributed by atoms with Crippen molar-refractivity contribution in [3.63, 3.8) is 0 Å². The molecule has 3 N–H and O–H groups in total. The number of aliphatic hydroxyl groups excluding tert-OH is 1. The lowest BCUT2D eigenvalue weighted by molar-refractivity contribution is 0.231. The molecule has 5 nitrogen and oxygen atoms in total. The number of nitrogens with one attached hydrogen (secondary N) is 2. The number of carbonyl (C=O) groups excluding carboxylic acids is 1. The van der Waals surface area contributed by atoms with Crippen LogP contribution in [0.2, 0.25) is 5.02 Å². The molecule has 0 aliphatic carbocycles. The fourth-order valence-electron chi connectivity index (χ4n) is 2.01. The highest BCUT2D eigenvalue weighted by molar-refractivity contribution is 7.15. The molecular formula is C15H18ClN3O2S. The van der Waals surface area contributed by atoms with Crippen LogP contribution >= 0.6 is 22.9 Å². The van der Waals surface area contributed by atoms with Crippen LogP contribution in [0.15, 0.2) is 24.3 Å². The third-order valence-electron chi connectivity index (χ3n) is 3.06. The Balaban J connectivity index is 2.12. The van der Waals surface area contributed by atoms with E-state index in [1.54, 1.807) is 11.3 Å². The Bertz CT molecular complexity index is 643. The van der Waals surface area contributed by atoms with Gasteiger partial charge in [-0.1, -0.05) is 23.7 Å². The summed E-state index contributed by atoms with van der Waals surface area (Å²) in [6.07, 6.45) is 0. The van der Waals surface area contributed by atoms with Gasteiger partial charge in [-0.15, -0.1) is 11.3 Å². The van der Waals surface area contributed by atoms with Crippen LogP contribution in [0, 0.1) is 6.92 Å². The SMILES string of the molecule is Cc1nc(-c2ccc(Cl)cc2)sc1[C@@H](C)NC(=O)NCCO. The van der Waals surface area contributed by atoms with E-state index in [0.29, 0.717) is 5.02 Å². The number of hydrogen-bond donors (Lipinski definition) is 3. The molecule has 1 aromatic heterocycles. The maximum absolute atomic E-state index is 11.6. The lowest BCUT2D eigenvalue weighted by Crippen LogP contribution is -2.38. The summed E-state index contributed by atoms with van der Waals surface area (Å²) in [5.41, 5.74) is 1.89. The van der Waals surface area contributed by atoms with Gasteiger partial charge < -0.3 is 15.7 Å². The number of hydrogen-bond acceptors (Lipinski definition) is 4. The summed E-state index contributed by atoms with van der Waals surface area (Å²) in [4.78, 5) is 17.2. The van der Waals surface area contributed by atoms with E-state index >= 15 is 0 Å². The van der Waals surface area contributed by atoms with Gasteiger partial charge in [-0.25, -0.2) is 9.78 Å². The molecule has 0 radical (unpaired) electrons. The van der Waals surface area contributed by atoms with E-state index in [4.69, 9.17) is 16.7 Å². The summed E-state index contributed by atoms with van der Waals surface area (Å²) in [7, 11) is 0. The monoisotopic (exact) mass is 339 g/mol. The van der Waals surface area contributed by atoms with E-state index in [1.165, 1.54) is 0 Å². The normalized spacial score (nSPS) is 12.0. The third kappa shape index (κ3) is 4.19. The van der Waals surface area contributed by atoms with Crippen molar-refractivity contribution in [1.29, 1.82) is 0 Å². The highest BCUT2D eigenvalue weighted by Gasteiger charge is 2.17. The first-order chi connectivity index (χ1) is 10.5. The standard InChI is InChI=1S/C15H18ClN3O2S/c1-9-13(10(2)19-15(21)17-7-8-20)22-14(18-9)11-3-5-12(16)6-4-11/h3-6,10,20H,7-8H2,1-2H3,(H2,17,19,21)/t10-/m1/s1. The lowest BCUT2D eigenvalue weighted by Gasteiger charge is -2.13. The summed E-state index contributed by atoms with van der Waals surface area (Å²) in [5, 5.41) is 15.7. The summed E-state index contributed by atoms with van der Waals surface area (Å²) >= 11 is 7.44. The average molecular weight is 340 g/mol. The van der Waals surface area contributed by atoms with Gasteiger partial charge in [0.15, 0.2) is 0 Å². The topological polar surface area (TPSA) is 74.2 Å². The van der Waals surface area contributed by atoms with Gasteiger partial charge in [0.2, 0.25) is 0 Å². The quantitative estimate of drug-likeness (QED) is 0.783. The maximum Gasteiger partial charge on any atom is 0.315 e. The van der Waals surface area contributed by atoms with E-state index in [9.17, 15) is 4.79 Å². The second kappa shape index (κ2) is 7.58. The van der Waals surface area contributed by atoms with Crippen molar-refractivity contribution >= 4 is 29.0 Å². The van der Waals surface area contributed by atoms with Crippen LogP contribution in [0.1, 0.15) is 23.5 Å². The average Bonchev–Trinajstić information content (AvgIpc) is 2.88. The van der Waals surface area contributed by atoms with E-state index < -0.39 is 0 Å². The highest BCUT2D eigenvalue weighted by Crippen LogP contribution is 2.32. The minimum Gasteiger partial charge on any atom is -0.395 e.